The molecule has 1 saturated heterocycles. The van der Waals surface area contributed by atoms with E-state index in [1.54, 1.807) is 6.33 Å². The van der Waals surface area contributed by atoms with Crippen molar-refractivity contribution in [2.24, 2.45) is 5.92 Å². The monoisotopic (exact) mass is 330 g/mol. The fourth-order valence-corrected chi connectivity index (χ4v) is 3.29. The molecule has 1 aliphatic heterocycles. The normalized spacial score (nSPS) is 15.9. The van der Waals surface area contributed by atoms with Gasteiger partial charge in [0.25, 0.3) is 0 Å². The number of nitrogens with one attached hydrogen (secondary N) is 1. The summed E-state index contributed by atoms with van der Waals surface area (Å²) in [6.45, 7) is 8.58. The summed E-state index contributed by atoms with van der Waals surface area (Å²) in [5, 5.41) is 4.05. The van der Waals surface area contributed by atoms with Gasteiger partial charge in [0, 0.05) is 31.1 Å². The molecule has 0 bridgehead atoms. The van der Waals surface area contributed by atoms with Gasteiger partial charge >= 0.3 is 0 Å². The van der Waals surface area contributed by atoms with Crippen LogP contribution in [0.1, 0.15) is 43.9 Å². The standard InChI is InChI=1S/C18H26N4O2/c1-4-5-8-19-17(23)14-6-9-22(10-7-14)16-15-12(2)13(3)24-18(15)21-11-20-16/h11,14H,4-10H2,1-3H3,(H,19,23). The number of amides is 1. The molecule has 3 rings (SSSR count). The number of carbonyl (C=O) groups excluding carboxylic acids is 1. The largest absolute Gasteiger partial charge is 0.443 e. The van der Waals surface area contributed by atoms with Gasteiger partial charge in [-0.25, -0.2) is 9.97 Å². The molecule has 0 radical (unpaired) electrons. The predicted octanol–water partition coefficient (Wildman–Crippen LogP) is 2.97. The topological polar surface area (TPSA) is 71.3 Å². The van der Waals surface area contributed by atoms with Gasteiger partial charge in [-0.3, -0.25) is 4.79 Å². The average molecular weight is 330 g/mol. The first-order valence-corrected chi connectivity index (χ1v) is 8.85. The Labute approximate surface area is 142 Å². The highest BCUT2D eigenvalue weighted by Gasteiger charge is 2.27. The molecule has 130 valence electrons. The van der Waals surface area contributed by atoms with E-state index in [2.05, 4.69) is 27.1 Å². The lowest BCUT2D eigenvalue weighted by Crippen LogP contribution is -2.41. The van der Waals surface area contributed by atoms with E-state index in [1.807, 2.05) is 13.8 Å². The Balaban J connectivity index is 1.68. The van der Waals surface area contributed by atoms with Crippen molar-refractivity contribution in [2.75, 3.05) is 24.5 Å². The number of carbonyl (C=O) groups is 1. The lowest BCUT2D eigenvalue weighted by atomic mass is 9.95. The first-order chi connectivity index (χ1) is 11.6. The minimum Gasteiger partial charge on any atom is -0.443 e. The van der Waals surface area contributed by atoms with E-state index in [-0.39, 0.29) is 11.8 Å². The third-order valence-corrected chi connectivity index (χ3v) is 4.94. The summed E-state index contributed by atoms with van der Waals surface area (Å²) in [5.41, 5.74) is 1.74. The van der Waals surface area contributed by atoms with Crippen molar-refractivity contribution in [3.05, 3.63) is 17.7 Å². The van der Waals surface area contributed by atoms with Crippen molar-refractivity contribution in [1.29, 1.82) is 0 Å². The summed E-state index contributed by atoms with van der Waals surface area (Å²) >= 11 is 0. The van der Waals surface area contributed by atoms with E-state index in [0.717, 1.165) is 67.8 Å². The lowest BCUT2D eigenvalue weighted by molar-refractivity contribution is -0.125. The SMILES string of the molecule is CCCCNC(=O)C1CCN(c2ncnc3oc(C)c(C)c23)CC1. The molecule has 1 N–H and O–H groups in total. The third kappa shape index (κ3) is 3.23. The first-order valence-electron chi connectivity index (χ1n) is 8.85. The van der Waals surface area contributed by atoms with Crippen molar-refractivity contribution in [3.63, 3.8) is 0 Å². The van der Waals surface area contributed by atoms with Crippen LogP contribution in [0.4, 0.5) is 5.82 Å². The number of piperidine rings is 1. The molecular weight excluding hydrogens is 304 g/mol. The van der Waals surface area contributed by atoms with Gasteiger partial charge in [-0.15, -0.1) is 0 Å². The van der Waals surface area contributed by atoms with Crippen molar-refractivity contribution >= 4 is 22.8 Å². The van der Waals surface area contributed by atoms with Gasteiger partial charge in [0.1, 0.15) is 17.9 Å². The van der Waals surface area contributed by atoms with Crippen LogP contribution in [0.5, 0.6) is 0 Å². The van der Waals surface area contributed by atoms with E-state index in [1.165, 1.54) is 0 Å². The number of aromatic nitrogens is 2. The maximum absolute atomic E-state index is 12.2. The van der Waals surface area contributed by atoms with Crippen molar-refractivity contribution in [3.8, 4) is 0 Å². The zero-order chi connectivity index (χ0) is 17.1. The minimum atomic E-state index is 0.114. The first kappa shape index (κ1) is 16.7. The third-order valence-electron chi connectivity index (χ3n) is 4.94. The molecular formula is C18H26N4O2. The second-order valence-corrected chi connectivity index (χ2v) is 6.57. The van der Waals surface area contributed by atoms with Crippen LogP contribution in [0.25, 0.3) is 11.1 Å². The van der Waals surface area contributed by atoms with Crippen LogP contribution in [-0.4, -0.2) is 35.5 Å². The molecule has 0 unspecified atom stereocenters. The molecule has 24 heavy (non-hydrogen) atoms. The van der Waals surface area contributed by atoms with Crippen molar-refractivity contribution in [1.82, 2.24) is 15.3 Å². The van der Waals surface area contributed by atoms with E-state index in [0.29, 0.717) is 5.71 Å². The van der Waals surface area contributed by atoms with Gasteiger partial charge in [-0.05, 0) is 33.1 Å². The van der Waals surface area contributed by atoms with Crippen LogP contribution in [0, 0.1) is 19.8 Å². The van der Waals surface area contributed by atoms with Crippen LogP contribution in [0.15, 0.2) is 10.7 Å². The molecule has 0 saturated carbocycles. The van der Waals surface area contributed by atoms with Crippen molar-refractivity contribution in [2.45, 2.75) is 46.5 Å². The summed E-state index contributed by atoms with van der Waals surface area (Å²) in [5.74, 6) is 2.13. The number of nitrogens with zero attached hydrogens (tertiary/aromatic N) is 3. The highest BCUT2D eigenvalue weighted by Crippen LogP contribution is 2.32. The molecule has 0 atom stereocenters. The Morgan fingerprint density at radius 2 is 2.08 bits per heavy atom. The van der Waals surface area contributed by atoms with Crippen LogP contribution >= 0.6 is 0 Å². The van der Waals surface area contributed by atoms with Gasteiger partial charge in [-0.2, -0.15) is 0 Å². The number of anilines is 1. The molecule has 0 aromatic carbocycles. The number of furan rings is 1. The number of unbranched alkanes of at least 4 members (excludes halogenated alkanes) is 1. The molecule has 2 aromatic rings. The Hall–Kier alpha value is -2.11. The summed E-state index contributed by atoms with van der Waals surface area (Å²) in [6.07, 6.45) is 5.43. The fourth-order valence-electron chi connectivity index (χ4n) is 3.29. The second-order valence-electron chi connectivity index (χ2n) is 6.57. The number of hydrogen-bond acceptors (Lipinski definition) is 5. The summed E-state index contributed by atoms with van der Waals surface area (Å²) in [6, 6.07) is 0. The van der Waals surface area contributed by atoms with Gasteiger partial charge < -0.3 is 14.6 Å². The Bertz CT molecular complexity index is 717. The molecule has 0 aliphatic carbocycles. The van der Waals surface area contributed by atoms with Crippen LogP contribution < -0.4 is 10.2 Å². The second kappa shape index (κ2) is 7.20. The number of aryl methyl sites for hydroxylation is 2. The lowest BCUT2D eigenvalue weighted by Gasteiger charge is -2.32. The molecule has 3 heterocycles. The smallest absolute Gasteiger partial charge is 0.231 e. The van der Waals surface area contributed by atoms with Gasteiger partial charge in [0.2, 0.25) is 11.6 Å². The minimum absolute atomic E-state index is 0.114. The number of rotatable bonds is 5. The van der Waals surface area contributed by atoms with E-state index < -0.39 is 0 Å². The maximum atomic E-state index is 12.2. The number of hydrogen-bond donors (Lipinski definition) is 1. The van der Waals surface area contributed by atoms with E-state index in [4.69, 9.17) is 4.42 Å². The Kier molecular flexibility index (Phi) is 5.02. The van der Waals surface area contributed by atoms with Crippen LogP contribution in [-0.2, 0) is 4.79 Å². The van der Waals surface area contributed by atoms with Gasteiger partial charge in [0.05, 0.1) is 5.39 Å². The molecule has 1 fully saturated rings. The average Bonchev–Trinajstić information content (AvgIpc) is 2.90. The molecule has 0 spiro atoms. The Morgan fingerprint density at radius 3 is 2.79 bits per heavy atom. The molecule has 1 aliphatic rings. The highest BCUT2D eigenvalue weighted by atomic mass is 16.3. The van der Waals surface area contributed by atoms with Gasteiger partial charge in [0.15, 0.2) is 0 Å². The van der Waals surface area contributed by atoms with Crippen LogP contribution in [0.2, 0.25) is 0 Å². The zero-order valence-electron chi connectivity index (χ0n) is 14.8. The molecule has 6 heteroatoms. The molecule has 2 aromatic heterocycles. The summed E-state index contributed by atoms with van der Waals surface area (Å²) in [4.78, 5) is 23.2. The fraction of sp³-hybridized carbons (Fsp3) is 0.611. The van der Waals surface area contributed by atoms with Gasteiger partial charge in [-0.1, -0.05) is 13.3 Å². The summed E-state index contributed by atoms with van der Waals surface area (Å²) in [7, 11) is 0. The predicted molar refractivity (Wildman–Crippen MR) is 94.1 cm³/mol. The van der Waals surface area contributed by atoms with E-state index in [9.17, 15) is 4.79 Å². The maximum Gasteiger partial charge on any atom is 0.231 e. The summed E-state index contributed by atoms with van der Waals surface area (Å²) < 4.78 is 5.70. The quantitative estimate of drug-likeness (QED) is 0.853. The number of fused-ring (bicyclic) bond motifs is 1. The van der Waals surface area contributed by atoms with Crippen LogP contribution in [0.3, 0.4) is 0 Å². The Morgan fingerprint density at radius 1 is 1.33 bits per heavy atom. The van der Waals surface area contributed by atoms with Crippen molar-refractivity contribution < 1.29 is 9.21 Å². The molecule has 1 amide bonds. The van der Waals surface area contributed by atoms with E-state index >= 15 is 0 Å². The zero-order valence-corrected chi connectivity index (χ0v) is 14.8. The molecule has 6 nitrogen and oxygen atoms in total. The highest BCUT2D eigenvalue weighted by molar-refractivity contribution is 5.90.